The lowest BCUT2D eigenvalue weighted by Crippen LogP contribution is -2.31. The molecule has 0 unspecified atom stereocenters. The maximum atomic E-state index is 12.7. The lowest BCUT2D eigenvalue weighted by atomic mass is 10.1. The third kappa shape index (κ3) is 3.73. The van der Waals surface area contributed by atoms with Crippen molar-refractivity contribution < 1.29 is 9.59 Å². The van der Waals surface area contributed by atoms with Crippen LogP contribution in [0.4, 0.5) is 5.69 Å². The highest BCUT2D eigenvalue weighted by atomic mass is 16.2. The van der Waals surface area contributed by atoms with E-state index in [0.29, 0.717) is 18.1 Å². The van der Waals surface area contributed by atoms with Crippen LogP contribution in [0.1, 0.15) is 59.1 Å². The standard InChI is InChI=1S/C19H24N4O2/c1-12(2)20-18(24)16-15-6-4-5-11-23(15)17(22-16)19(25)21-14-9-7-13(3)8-10-14/h7-10,12H,4-6,11H2,1-3H3,(H,20,24)(H,21,25). The van der Waals surface area contributed by atoms with Gasteiger partial charge in [-0.15, -0.1) is 0 Å². The molecule has 6 nitrogen and oxygen atoms in total. The van der Waals surface area contributed by atoms with E-state index in [4.69, 9.17) is 0 Å². The average Bonchev–Trinajstić information content (AvgIpc) is 2.96. The quantitative estimate of drug-likeness (QED) is 0.898. The van der Waals surface area contributed by atoms with Crippen molar-refractivity contribution in [3.8, 4) is 0 Å². The summed E-state index contributed by atoms with van der Waals surface area (Å²) in [6.07, 6.45) is 2.76. The number of aromatic nitrogens is 2. The Kier molecular flexibility index (Phi) is 4.88. The Morgan fingerprint density at radius 2 is 1.84 bits per heavy atom. The van der Waals surface area contributed by atoms with Crippen LogP contribution in [-0.2, 0) is 13.0 Å². The molecule has 25 heavy (non-hydrogen) atoms. The molecule has 132 valence electrons. The van der Waals surface area contributed by atoms with Gasteiger partial charge in [0, 0.05) is 18.3 Å². The van der Waals surface area contributed by atoms with Crippen LogP contribution >= 0.6 is 0 Å². The summed E-state index contributed by atoms with van der Waals surface area (Å²) in [5, 5.41) is 5.75. The van der Waals surface area contributed by atoms with Crippen LogP contribution in [0.3, 0.4) is 0 Å². The van der Waals surface area contributed by atoms with Gasteiger partial charge in [-0.05, 0) is 52.2 Å². The van der Waals surface area contributed by atoms with Gasteiger partial charge in [0.2, 0.25) is 0 Å². The summed E-state index contributed by atoms with van der Waals surface area (Å²) in [5.74, 6) is -0.185. The second kappa shape index (κ2) is 7.09. The molecule has 0 spiro atoms. The Hall–Kier alpha value is -2.63. The summed E-state index contributed by atoms with van der Waals surface area (Å²) >= 11 is 0. The van der Waals surface area contributed by atoms with Crippen LogP contribution in [0.5, 0.6) is 0 Å². The van der Waals surface area contributed by atoms with E-state index >= 15 is 0 Å². The predicted octanol–water partition coefficient (Wildman–Crippen LogP) is 2.92. The molecule has 0 saturated heterocycles. The molecular weight excluding hydrogens is 316 g/mol. The SMILES string of the molecule is Cc1ccc(NC(=O)c2nc(C(=O)NC(C)C)c3n2CCCC3)cc1. The number of fused-ring (bicyclic) bond motifs is 1. The van der Waals surface area contributed by atoms with E-state index in [1.807, 2.05) is 49.6 Å². The van der Waals surface area contributed by atoms with E-state index in [9.17, 15) is 9.59 Å². The molecule has 2 heterocycles. The summed E-state index contributed by atoms with van der Waals surface area (Å²) in [7, 11) is 0. The largest absolute Gasteiger partial charge is 0.348 e. The lowest BCUT2D eigenvalue weighted by Gasteiger charge is -2.17. The molecule has 1 aliphatic heterocycles. The first kappa shape index (κ1) is 17.2. The van der Waals surface area contributed by atoms with Crippen LogP contribution in [0.2, 0.25) is 0 Å². The predicted molar refractivity (Wildman–Crippen MR) is 96.9 cm³/mol. The zero-order valence-corrected chi connectivity index (χ0v) is 14.9. The van der Waals surface area contributed by atoms with E-state index in [1.54, 1.807) is 0 Å². The summed E-state index contributed by atoms with van der Waals surface area (Å²) in [5.41, 5.74) is 3.08. The number of anilines is 1. The molecule has 1 aromatic heterocycles. The molecule has 1 aliphatic rings. The molecule has 2 N–H and O–H groups in total. The Labute approximate surface area is 147 Å². The maximum Gasteiger partial charge on any atom is 0.291 e. The number of amides is 2. The molecule has 2 aromatic rings. The van der Waals surface area contributed by atoms with Gasteiger partial charge in [0.1, 0.15) is 5.69 Å². The van der Waals surface area contributed by atoms with Crippen molar-refractivity contribution in [1.29, 1.82) is 0 Å². The first-order chi connectivity index (χ1) is 12.0. The zero-order valence-electron chi connectivity index (χ0n) is 14.9. The summed E-state index contributed by atoms with van der Waals surface area (Å²) in [6.45, 7) is 6.53. The molecule has 0 radical (unpaired) electrons. The fraction of sp³-hybridized carbons (Fsp3) is 0.421. The molecule has 0 bridgehead atoms. The van der Waals surface area contributed by atoms with E-state index in [2.05, 4.69) is 15.6 Å². The van der Waals surface area contributed by atoms with Gasteiger partial charge in [-0.3, -0.25) is 9.59 Å². The third-order valence-electron chi connectivity index (χ3n) is 4.27. The molecule has 6 heteroatoms. The molecule has 0 saturated carbocycles. The smallest absolute Gasteiger partial charge is 0.291 e. The average molecular weight is 340 g/mol. The summed E-state index contributed by atoms with van der Waals surface area (Å²) in [6, 6.07) is 7.63. The number of nitrogens with one attached hydrogen (secondary N) is 2. The highest BCUT2D eigenvalue weighted by molar-refractivity contribution is 6.03. The van der Waals surface area contributed by atoms with Crippen LogP contribution in [0.25, 0.3) is 0 Å². The van der Waals surface area contributed by atoms with Crippen molar-refractivity contribution in [1.82, 2.24) is 14.9 Å². The number of carbonyl (C=O) groups is 2. The number of nitrogens with zero attached hydrogens (tertiary/aromatic N) is 2. The molecule has 1 aromatic carbocycles. The fourth-order valence-electron chi connectivity index (χ4n) is 3.05. The van der Waals surface area contributed by atoms with Crippen molar-refractivity contribution in [2.24, 2.45) is 0 Å². The Morgan fingerprint density at radius 3 is 2.52 bits per heavy atom. The van der Waals surface area contributed by atoms with Gasteiger partial charge in [-0.25, -0.2) is 4.98 Å². The van der Waals surface area contributed by atoms with Crippen molar-refractivity contribution in [2.75, 3.05) is 5.32 Å². The van der Waals surface area contributed by atoms with Crippen molar-refractivity contribution >= 4 is 17.5 Å². The first-order valence-electron chi connectivity index (χ1n) is 8.74. The van der Waals surface area contributed by atoms with Crippen LogP contribution in [0.15, 0.2) is 24.3 Å². The number of carbonyl (C=O) groups excluding carboxylic acids is 2. The molecule has 0 aliphatic carbocycles. The van der Waals surface area contributed by atoms with Crippen LogP contribution in [-0.4, -0.2) is 27.4 Å². The van der Waals surface area contributed by atoms with Gasteiger partial charge in [-0.1, -0.05) is 17.7 Å². The maximum absolute atomic E-state index is 12.7. The number of aryl methyl sites for hydroxylation is 1. The lowest BCUT2D eigenvalue weighted by molar-refractivity contribution is 0.0937. The summed E-state index contributed by atoms with van der Waals surface area (Å²) in [4.78, 5) is 29.5. The number of benzene rings is 1. The van der Waals surface area contributed by atoms with Crippen LogP contribution in [0, 0.1) is 6.92 Å². The second-order valence-corrected chi connectivity index (χ2v) is 6.79. The Morgan fingerprint density at radius 1 is 1.12 bits per heavy atom. The molecule has 2 amide bonds. The van der Waals surface area contributed by atoms with E-state index in [0.717, 1.165) is 36.2 Å². The molecular formula is C19H24N4O2. The van der Waals surface area contributed by atoms with Gasteiger partial charge < -0.3 is 15.2 Å². The van der Waals surface area contributed by atoms with Gasteiger partial charge in [0.05, 0.1) is 5.69 Å². The topological polar surface area (TPSA) is 76.0 Å². The number of imidazole rings is 1. The van der Waals surface area contributed by atoms with Crippen molar-refractivity contribution in [2.45, 2.75) is 52.6 Å². The Balaban J connectivity index is 1.90. The minimum Gasteiger partial charge on any atom is -0.348 e. The highest BCUT2D eigenvalue weighted by Crippen LogP contribution is 2.22. The number of rotatable bonds is 4. The monoisotopic (exact) mass is 340 g/mol. The van der Waals surface area contributed by atoms with Gasteiger partial charge in [-0.2, -0.15) is 0 Å². The van der Waals surface area contributed by atoms with E-state index < -0.39 is 0 Å². The number of hydrogen-bond donors (Lipinski definition) is 2. The fourth-order valence-corrected chi connectivity index (χ4v) is 3.05. The zero-order chi connectivity index (χ0) is 18.0. The van der Waals surface area contributed by atoms with Crippen LogP contribution < -0.4 is 10.6 Å². The van der Waals surface area contributed by atoms with E-state index in [-0.39, 0.29) is 17.9 Å². The number of hydrogen-bond acceptors (Lipinski definition) is 3. The normalized spacial score (nSPS) is 13.4. The minimum atomic E-state index is -0.282. The van der Waals surface area contributed by atoms with Gasteiger partial charge >= 0.3 is 0 Å². The third-order valence-corrected chi connectivity index (χ3v) is 4.27. The summed E-state index contributed by atoms with van der Waals surface area (Å²) < 4.78 is 1.89. The first-order valence-corrected chi connectivity index (χ1v) is 8.74. The van der Waals surface area contributed by atoms with Crippen molar-refractivity contribution in [3.63, 3.8) is 0 Å². The van der Waals surface area contributed by atoms with Crippen molar-refractivity contribution in [3.05, 3.63) is 47.0 Å². The Bertz CT molecular complexity index is 791. The van der Waals surface area contributed by atoms with E-state index in [1.165, 1.54) is 0 Å². The minimum absolute atomic E-state index is 0.0262. The second-order valence-electron chi connectivity index (χ2n) is 6.79. The molecule has 0 atom stereocenters. The van der Waals surface area contributed by atoms with Gasteiger partial charge in [0.15, 0.2) is 5.82 Å². The van der Waals surface area contributed by atoms with Gasteiger partial charge in [0.25, 0.3) is 11.8 Å². The molecule has 0 fully saturated rings. The molecule has 3 rings (SSSR count). The highest BCUT2D eigenvalue weighted by Gasteiger charge is 2.27.